The number of nitrogens with zero attached hydrogens (tertiary/aromatic N) is 1. The molecule has 1 aliphatic heterocycles. The van der Waals surface area contributed by atoms with Gasteiger partial charge < -0.3 is 5.11 Å². The molecule has 126 valence electrons. The molecule has 4 nitrogen and oxygen atoms in total. The highest BCUT2D eigenvalue weighted by molar-refractivity contribution is 8.27. The van der Waals surface area contributed by atoms with Gasteiger partial charge in [-0.2, -0.15) is 0 Å². The zero-order valence-corrected chi connectivity index (χ0v) is 15.4. The highest BCUT2D eigenvalue weighted by atomic mass is 35.5. The zero-order valence-electron chi connectivity index (χ0n) is 13.0. The molecule has 7 heteroatoms. The molecule has 1 amide bonds. The number of carbonyl (C=O) groups is 2. The molecular weight excluding hydrogens is 378 g/mol. The standard InChI is InChI=1S/C18H12ClNO3S2/c1-10(11-2-6-13(19)7-3-11)15-16(21)20(18(24)25-15)14-8-4-12(5-9-14)17(22)23/h2-9H,1H3,(H,22,23)/b15-10+. The van der Waals surface area contributed by atoms with E-state index in [1.807, 2.05) is 19.1 Å². The number of carboxylic acid groups (broad SMARTS) is 1. The third kappa shape index (κ3) is 3.46. The van der Waals surface area contributed by atoms with Gasteiger partial charge in [-0.3, -0.25) is 9.69 Å². The summed E-state index contributed by atoms with van der Waals surface area (Å²) in [5, 5.41) is 9.61. The Labute approximate surface area is 159 Å². The minimum atomic E-state index is -1.02. The summed E-state index contributed by atoms with van der Waals surface area (Å²) >= 11 is 12.5. The maximum Gasteiger partial charge on any atom is 0.335 e. The van der Waals surface area contributed by atoms with Crippen LogP contribution in [-0.2, 0) is 4.79 Å². The van der Waals surface area contributed by atoms with Crippen molar-refractivity contribution in [3.63, 3.8) is 0 Å². The maximum absolute atomic E-state index is 12.8. The first-order chi connectivity index (χ1) is 11.9. The van der Waals surface area contributed by atoms with E-state index >= 15 is 0 Å². The average Bonchev–Trinajstić information content (AvgIpc) is 2.89. The van der Waals surface area contributed by atoms with E-state index in [-0.39, 0.29) is 11.5 Å². The minimum Gasteiger partial charge on any atom is -0.478 e. The number of thioether (sulfide) groups is 1. The predicted octanol–water partition coefficient (Wildman–Crippen LogP) is 4.83. The summed E-state index contributed by atoms with van der Waals surface area (Å²) in [6, 6.07) is 13.3. The van der Waals surface area contributed by atoms with Crippen molar-refractivity contribution in [1.82, 2.24) is 0 Å². The number of amides is 1. The molecule has 25 heavy (non-hydrogen) atoms. The molecule has 2 aromatic rings. The number of halogens is 1. The van der Waals surface area contributed by atoms with Crippen LogP contribution in [-0.4, -0.2) is 21.3 Å². The summed E-state index contributed by atoms with van der Waals surface area (Å²) in [6.45, 7) is 1.86. The van der Waals surface area contributed by atoms with Crippen LogP contribution in [0.3, 0.4) is 0 Å². The van der Waals surface area contributed by atoms with E-state index in [0.717, 1.165) is 11.1 Å². The molecule has 1 N–H and O–H groups in total. The van der Waals surface area contributed by atoms with E-state index in [9.17, 15) is 9.59 Å². The molecule has 1 aliphatic rings. The fourth-order valence-electron chi connectivity index (χ4n) is 2.40. The minimum absolute atomic E-state index is 0.155. The molecule has 0 atom stereocenters. The second-order valence-corrected chi connectivity index (χ2v) is 7.40. The summed E-state index contributed by atoms with van der Waals surface area (Å²) < 4.78 is 0.413. The maximum atomic E-state index is 12.8. The van der Waals surface area contributed by atoms with E-state index in [1.165, 1.54) is 28.8 Å². The Morgan fingerprint density at radius 2 is 1.64 bits per heavy atom. The van der Waals surface area contributed by atoms with Crippen molar-refractivity contribution < 1.29 is 14.7 Å². The van der Waals surface area contributed by atoms with Gasteiger partial charge in [-0.25, -0.2) is 4.79 Å². The van der Waals surface area contributed by atoms with Gasteiger partial charge in [-0.05, 0) is 54.5 Å². The first-order valence-corrected chi connectivity index (χ1v) is 8.85. The van der Waals surface area contributed by atoms with E-state index in [1.54, 1.807) is 24.3 Å². The fourth-order valence-corrected chi connectivity index (χ4v) is 3.87. The molecule has 0 unspecified atom stereocenters. The predicted molar refractivity (Wildman–Crippen MR) is 105 cm³/mol. The molecule has 0 aromatic heterocycles. The normalized spacial score (nSPS) is 16.3. The van der Waals surface area contributed by atoms with Crippen molar-refractivity contribution in [3.05, 3.63) is 69.6 Å². The lowest BCUT2D eigenvalue weighted by Gasteiger charge is -2.14. The van der Waals surface area contributed by atoms with Crippen molar-refractivity contribution in [2.45, 2.75) is 6.92 Å². The van der Waals surface area contributed by atoms with Crippen LogP contribution >= 0.6 is 35.6 Å². The van der Waals surface area contributed by atoms with Crippen molar-refractivity contribution in [3.8, 4) is 0 Å². The third-order valence-corrected chi connectivity index (χ3v) is 5.49. The quantitative estimate of drug-likeness (QED) is 0.601. The first-order valence-electron chi connectivity index (χ1n) is 7.25. The second kappa shape index (κ2) is 7.00. The van der Waals surface area contributed by atoms with Crippen molar-refractivity contribution in [2.24, 2.45) is 0 Å². The van der Waals surface area contributed by atoms with E-state index in [4.69, 9.17) is 28.9 Å². The highest BCUT2D eigenvalue weighted by Crippen LogP contribution is 2.39. The number of allylic oxidation sites excluding steroid dienone is 1. The molecule has 1 fully saturated rings. The summed E-state index contributed by atoms with van der Waals surface area (Å²) in [4.78, 5) is 25.8. The van der Waals surface area contributed by atoms with Gasteiger partial charge in [0.05, 0.1) is 16.2 Å². The molecule has 0 saturated carbocycles. The number of aromatic carboxylic acids is 1. The van der Waals surface area contributed by atoms with Crippen LogP contribution in [0.1, 0.15) is 22.8 Å². The van der Waals surface area contributed by atoms with Crippen LogP contribution in [0.5, 0.6) is 0 Å². The van der Waals surface area contributed by atoms with Gasteiger partial charge >= 0.3 is 5.97 Å². The average molecular weight is 390 g/mol. The Bertz CT molecular complexity index is 905. The van der Waals surface area contributed by atoms with E-state index < -0.39 is 5.97 Å². The number of benzene rings is 2. The van der Waals surface area contributed by atoms with Crippen LogP contribution in [0, 0.1) is 0 Å². The number of carbonyl (C=O) groups excluding carboxylic acids is 1. The van der Waals surface area contributed by atoms with Gasteiger partial charge in [-0.15, -0.1) is 0 Å². The number of thiocarbonyl (C=S) groups is 1. The van der Waals surface area contributed by atoms with Crippen molar-refractivity contribution in [2.75, 3.05) is 4.90 Å². The molecule has 3 rings (SSSR count). The van der Waals surface area contributed by atoms with E-state index in [2.05, 4.69) is 0 Å². The second-order valence-electron chi connectivity index (χ2n) is 5.32. The highest BCUT2D eigenvalue weighted by Gasteiger charge is 2.34. The SMILES string of the molecule is C/C(=C1\SC(=S)N(c2ccc(C(=O)O)cc2)C1=O)c1ccc(Cl)cc1. The van der Waals surface area contributed by atoms with Gasteiger partial charge in [0.1, 0.15) is 0 Å². The summed E-state index contributed by atoms with van der Waals surface area (Å²) in [7, 11) is 0. The van der Waals surface area contributed by atoms with Gasteiger partial charge in [0, 0.05) is 5.02 Å². The van der Waals surface area contributed by atoms with Gasteiger partial charge in [0.15, 0.2) is 4.32 Å². The summed E-state index contributed by atoms with van der Waals surface area (Å²) in [5.41, 5.74) is 2.42. The Morgan fingerprint density at radius 3 is 2.20 bits per heavy atom. The smallest absolute Gasteiger partial charge is 0.335 e. The van der Waals surface area contributed by atoms with Crippen LogP contribution < -0.4 is 4.90 Å². The fraction of sp³-hybridized carbons (Fsp3) is 0.0556. The van der Waals surface area contributed by atoms with E-state index in [0.29, 0.717) is 19.9 Å². The van der Waals surface area contributed by atoms with Crippen LogP contribution in [0.25, 0.3) is 5.57 Å². The summed E-state index contributed by atoms with van der Waals surface area (Å²) in [5.74, 6) is -1.24. The largest absolute Gasteiger partial charge is 0.478 e. The molecule has 0 bridgehead atoms. The lowest BCUT2D eigenvalue weighted by atomic mass is 10.1. The zero-order chi connectivity index (χ0) is 18.1. The summed E-state index contributed by atoms with van der Waals surface area (Å²) in [6.07, 6.45) is 0. The lowest BCUT2D eigenvalue weighted by molar-refractivity contribution is -0.113. The Balaban J connectivity index is 1.95. The van der Waals surface area contributed by atoms with Gasteiger partial charge in [-0.1, -0.05) is 47.7 Å². The molecular formula is C18H12ClNO3S2. The Morgan fingerprint density at radius 1 is 1.08 bits per heavy atom. The Kier molecular flexibility index (Phi) is 4.94. The van der Waals surface area contributed by atoms with Crippen molar-refractivity contribution >= 4 is 63.0 Å². The number of hydrogen-bond acceptors (Lipinski definition) is 4. The molecule has 1 saturated heterocycles. The Hall–Kier alpha value is -2.15. The monoisotopic (exact) mass is 389 g/mol. The third-order valence-electron chi connectivity index (χ3n) is 3.76. The first kappa shape index (κ1) is 17.7. The topological polar surface area (TPSA) is 57.6 Å². The number of anilines is 1. The number of rotatable bonds is 3. The molecule has 0 aliphatic carbocycles. The van der Waals surface area contributed by atoms with Crippen LogP contribution in [0.15, 0.2) is 53.4 Å². The van der Waals surface area contributed by atoms with Gasteiger partial charge in [0.2, 0.25) is 0 Å². The lowest BCUT2D eigenvalue weighted by Crippen LogP contribution is -2.27. The van der Waals surface area contributed by atoms with Gasteiger partial charge in [0.25, 0.3) is 5.91 Å². The molecule has 0 radical (unpaired) electrons. The van der Waals surface area contributed by atoms with Crippen LogP contribution in [0.4, 0.5) is 5.69 Å². The van der Waals surface area contributed by atoms with Crippen molar-refractivity contribution in [1.29, 1.82) is 0 Å². The molecule has 1 heterocycles. The molecule has 0 spiro atoms. The van der Waals surface area contributed by atoms with Crippen LogP contribution in [0.2, 0.25) is 5.02 Å². The number of carboxylic acids is 1. The number of hydrogen-bond donors (Lipinski definition) is 1. The molecule has 2 aromatic carbocycles.